The van der Waals surface area contributed by atoms with Gasteiger partial charge in [-0.2, -0.15) is 0 Å². The zero-order chi connectivity index (χ0) is 16.5. The van der Waals surface area contributed by atoms with Gasteiger partial charge in [0.05, 0.1) is 0 Å². The molecule has 0 saturated carbocycles. The maximum absolute atomic E-state index is 12.0. The van der Waals surface area contributed by atoms with Crippen LogP contribution in [0.15, 0.2) is 0 Å². The third kappa shape index (κ3) is 6.01. The number of amides is 2. The van der Waals surface area contributed by atoms with E-state index in [0.717, 1.165) is 12.8 Å². The van der Waals surface area contributed by atoms with Crippen molar-refractivity contribution in [1.29, 1.82) is 0 Å². The Morgan fingerprint density at radius 1 is 1.27 bits per heavy atom. The summed E-state index contributed by atoms with van der Waals surface area (Å²) in [5.74, 6) is -1.29. The highest BCUT2D eigenvalue weighted by molar-refractivity contribution is 5.80. The number of likely N-dealkylation sites (tertiary alicyclic amines) is 1. The average molecular weight is 314 g/mol. The van der Waals surface area contributed by atoms with Crippen LogP contribution in [0.25, 0.3) is 0 Å². The number of nitrogens with zero attached hydrogens (tertiary/aromatic N) is 2. The molecule has 0 spiro atoms. The second kappa shape index (κ2) is 9.40. The maximum Gasteiger partial charge on any atom is 0.323 e. The molecular formula is C15H26N2O5. The van der Waals surface area contributed by atoms with Gasteiger partial charge in [0, 0.05) is 32.7 Å². The number of carboxylic acids is 1. The summed E-state index contributed by atoms with van der Waals surface area (Å²) in [6.45, 7) is 4.90. The number of carbonyl (C=O) groups excluding carboxylic acids is 2. The van der Waals surface area contributed by atoms with E-state index in [1.807, 2.05) is 6.92 Å². The lowest BCUT2D eigenvalue weighted by molar-refractivity contribution is -0.145. The molecule has 1 aliphatic heterocycles. The van der Waals surface area contributed by atoms with Crippen molar-refractivity contribution in [2.75, 3.05) is 32.8 Å². The van der Waals surface area contributed by atoms with Gasteiger partial charge in [0.15, 0.2) is 0 Å². The number of hydrogen-bond donors (Lipinski definition) is 1. The molecular weight excluding hydrogens is 288 g/mol. The first-order chi connectivity index (χ1) is 10.5. The number of carbonyl (C=O) groups is 3. The molecule has 126 valence electrons. The van der Waals surface area contributed by atoms with Crippen LogP contribution < -0.4 is 0 Å². The number of ether oxygens (including phenoxy) is 1. The molecule has 0 aromatic rings. The summed E-state index contributed by atoms with van der Waals surface area (Å²) in [7, 11) is 0. The Labute approximate surface area is 131 Å². The largest absolute Gasteiger partial charge is 0.480 e. The molecule has 1 aliphatic rings. The molecule has 1 atom stereocenters. The number of aliphatic carboxylic acids is 1. The Morgan fingerprint density at radius 3 is 2.59 bits per heavy atom. The van der Waals surface area contributed by atoms with E-state index in [9.17, 15) is 14.4 Å². The first kappa shape index (κ1) is 18.4. The van der Waals surface area contributed by atoms with Gasteiger partial charge < -0.3 is 19.6 Å². The first-order valence-corrected chi connectivity index (χ1v) is 7.80. The second-order valence-corrected chi connectivity index (χ2v) is 5.56. The van der Waals surface area contributed by atoms with Gasteiger partial charge >= 0.3 is 5.97 Å². The maximum atomic E-state index is 12.0. The Bertz CT molecular complexity index is 399. The van der Waals surface area contributed by atoms with Crippen molar-refractivity contribution in [2.24, 2.45) is 0 Å². The van der Waals surface area contributed by atoms with Gasteiger partial charge in [-0.15, -0.1) is 0 Å². The van der Waals surface area contributed by atoms with Crippen LogP contribution in [0.1, 0.15) is 39.5 Å². The van der Waals surface area contributed by atoms with Gasteiger partial charge in [0.25, 0.3) is 0 Å². The van der Waals surface area contributed by atoms with E-state index in [1.165, 1.54) is 11.8 Å². The Hall–Kier alpha value is -1.63. The normalized spacial score (nSPS) is 18.6. The highest BCUT2D eigenvalue weighted by Crippen LogP contribution is 2.17. The molecule has 0 bridgehead atoms. The number of carboxylic acid groups (broad SMARTS) is 1. The topological polar surface area (TPSA) is 87.2 Å². The van der Waals surface area contributed by atoms with E-state index >= 15 is 0 Å². The fourth-order valence-corrected chi connectivity index (χ4v) is 2.68. The summed E-state index contributed by atoms with van der Waals surface area (Å²) in [4.78, 5) is 37.7. The van der Waals surface area contributed by atoms with E-state index in [2.05, 4.69) is 0 Å². The van der Waals surface area contributed by atoms with Gasteiger partial charge in [0.2, 0.25) is 11.8 Å². The van der Waals surface area contributed by atoms with Crippen molar-refractivity contribution in [1.82, 2.24) is 9.80 Å². The molecule has 0 aromatic heterocycles. The summed E-state index contributed by atoms with van der Waals surface area (Å²) < 4.78 is 5.27. The SMILES string of the molecule is CCCOCC(=O)N1CCCC(N(CC(=O)O)C(C)=O)CC1. The van der Waals surface area contributed by atoms with Crippen LogP contribution in [0, 0.1) is 0 Å². The van der Waals surface area contributed by atoms with Crippen molar-refractivity contribution < 1.29 is 24.2 Å². The van der Waals surface area contributed by atoms with E-state index in [1.54, 1.807) is 4.90 Å². The van der Waals surface area contributed by atoms with Gasteiger partial charge in [-0.3, -0.25) is 14.4 Å². The fourth-order valence-electron chi connectivity index (χ4n) is 2.68. The average Bonchev–Trinajstić information content (AvgIpc) is 2.70. The molecule has 0 aromatic carbocycles. The predicted octanol–water partition coefficient (Wildman–Crippen LogP) is 0.727. The Balaban J connectivity index is 2.54. The van der Waals surface area contributed by atoms with E-state index in [-0.39, 0.29) is 31.0 Å². The lowest BCUT2D eigenvalue weighted by Gasteiger charge is -2.28. The van der Waals surface area contributed by atoms with E-state index < -0.39 is 5.97 Å². The molecule has 7 nitrogen and oxygen atoms in total. The zero-order valence-corrected chi connectivity index (χ0v) is 13.4. The molecule has 0 radical (unpaired) electrons. The fraction of sp³-hybridized carbons (Fsp3) is 0.800. The predicted molar refractivity (Wildman–Crippen MR) is 80.4 cm³/mol. The van der Waals surface area contributed by atoms with Crippen molar-refractivity contribution in [3.8, 4) is 0 Å². The molecule has 1 unspecified atom stereocenters. The van der Waals surface area contributed by atoms with Crippen LogP contribution >= 0.6 is 0 Å². The quantitative estimate of drug-likeness (QED) is 0.700. The standard InChI is InChI=1S/C15H26N2O5/c1-3-9-22-11-14(19)16-7-4-5-13(6-8-16)17(12(2)18)10-15(20)21/h13H,3-11H2,1-2H3,(H,20,21). The van der Waals surface area contributed by atoms with Crippen LogP contribution in [0.2, 0.25) is 0 Å². The van der Waals surface area contributed by atoms with Gasteiger partial charge in [-0.05, 0) is 25.7 Å². The summed E-state index contributed by atoms with van der Waals surface area (Å²) >= 11 is 0. The molecule has 0 aliphatic carbocycles. The first-order valence-electron chi connectivity index (χ1n) is 7.80. The van der Waals surface area contributed by atoms with E-state index in [0.29, 0.717) is 32.5 Å². The third-order valence-corrected chi connectivity index (χ3v) is 3.78. The summed E-state index contributed by atoms with van der Waals surface area (Å²) in [5.41, 5.74) is 0. The molecule has 1 N–H and O–H groups in total. The number of hydrogen-bond acceptors (Lipinski definition) is 4. The molecule has 1 saturated heterocycles. The van der Waals surface area contributed by atoms with Crippen molar-refractivity contribution in [2.45, 2.75) is 45.6 Å². The Morgan fingerprint density at radius 2 is 2.00 bits per heavy atom. The second-order valence-electron chi connectivity index (χ2n) is 5.56. The molecule has 1 fully saturated rings. The van der Waals surface area contributed by atoms with Crippen LogP contribution in [0.3, 0.4) is 0 Å². The van der Waals surface area contributed by atoms with Gasteiger partial charge in [-0.1, -0.05) is 6.92 Å². The van der Waals surface area contributed by atoms with Crippen LogP contribution in [-0.4, -0.2) is 71.6 Å². The molecule has 2 amide bonds. The van der Waals surface area contributed by atoms with Crippen LogP contribution in [0.5, 0.6) is 0 Å². The van der Waals surface area contributed by atoms with Crippen molar-refractivity contribution in [3.63, 3.8) is 0 Å². The highest BCUT2D eigenvalue weighted by Gasteiger charge is 2.27. The van der Waals surface area contributed by atoms with E-state index in [4.69, 9.17) is 9.84 Å². The highest BCUT2D eigenvalue weighted by atomic mass is 16.5. The third-order valence-electron chi connectivity index (χ3n) is 3.78. The summed E-state index contributed by atoms with van der Waals surface area (Å²) in [5, 5.41) is 8.92. The zero-order valence-electron chi connectivity index (χ0n) is 13.4. The molecule has 22 heavy (non-hydrogen) atoms. The lowest BCUT2D eigenvalue weighted by Crippen LogP contribution is -2.43. The van der Waals surface area contributed by atoms with Crippen LogP contribution in [-0.2, 0) is 19.1 Å². The minimum absolute atomic E-state index is 0.0401. The lowest BCUT2D eigenvalue weighted by atomic mass is 10.1. The molecule has 1 rings (SSSR count). The minimum Gasteiger partial charge on any atom is -0.480 e. The smallest absolute Gasteiger partial charge is 0.323 e. The van der Waals surface area contributed by atoms with Gasteiger partial charge in [0.1, 0.15) is 13.2 Å². The van der Waals surface area contributed by atoms with Crippen molar-refractivity contribution >= 4 is 17.8 Å². The summed E-state index contributed by atoms with van der Waals surface area (Å²) in [6.07, 6.45) is 2.95. The van der Waals surface area contributed by atoms with Crippen LogP contribution in [0.4, 0.5) is 0 Å². The molecule has 1 heterocycles. The summed E-state index contributed by atoms with van der Waals surface area (Å²) in [6, 6.07) is -0.122. The van der Waals surface area contributed by atoms with Gasteiger partial charge in [-0.25, -0.2) is 0 Å². The van der Waals surface area contributed by atoms with Crippen molar-refractivity contribution in [3.05, 3.63) is 0 Å². The number of rotatable bonds is 7. The molecule has 7 heteroatoms. The minimum atomic E-state index is -1.01. The Kier molecular flexibility index (Phi) is 7.87. The monoisotopic (exact) mass is 314 g/mol.